The molecule has 2 aromatic carbocycles. The fourth-order valence-electron chi connectivity index (χ4n) is 4.77. The smallest absolute Gasteiger partial charge is 0.0367 e. The minimum atomic E-state index is 0.597. The lowest BCUT2D eigenvalue weighted by molar-refractivity contribution is 0.109. The lowest BCUT2D eigenvalue weighted by Crippen LogP contribution is -2.45. The molecular formula is C22H28N2. The van der Waals surface area contributed by atoms with E-state index in [1.165, 1.54) is 43.4 Å². The number of fused-ring (bicyclic) bond motifs is 1. The molecule has 0 aromatic heterocycles. The number of nitrogens with zero attached hydrogens (tertiary/aromatic N) is 2. The first-order valence-corrected chi connectivity index (χ1v) is 9.38. The second kappa shape index (κ2) is 7.08. The molecule has 4 rings (SSSR count). The summed E-state index contributed by atoms with van der Waals surface area (Å²) in [6.07, 6.45) is 5.36. The average Bonchev–Trinajstić information content (AvgIpc) is 3.03. The van der Waals surface area contributed by atoms with E-state index in [0.717, 1.165) is 12.6 Å². The number of hydrogen-bond donors (Lipinski definition) is 0. The van der Waals surface area contributed by atoms with Gasteiger partial charge in [0.2, 0.25) is 0 Å². The maximum Gasteiger partial charge on any atom is 0.0367 e. The summed E-state index contributed by atoms with van der Waals surface area (Å²) in [6, 6.07) is 24.0. The Hall–Kier alpha value is -1.64. The fourth-order valence-corrected chi connectivity index (χ4v) is 4.77. The molecule has 0 spiro atoms. The summed E-state index contributed by atoms with van der Waals surface area (Å²) in [5, 5.41) is 0. The summed E-state index contributed by atoms with van der Waals surface area (Å²) >= 11 is 0. The molecule has 0 amide bonds. The largest absolute Gasteiger partial charge is 0.298 e. The Morgan fingerprint density at radius 3 is 2.42 bits per heavy atom. The SMILES string of the molecule is CN(Cc1ccccc1)C1CC(c2ccccc2)N2CCCCC12. The highest BCUT2D eigenvalue weighted by atomic mass is 15.3. The van der Waals surface area contributed by atoms with Crippen molar-refractivity contribution in [3.05, 3.63) is 71.8 Å². The molecule has 0 radical (unpaired) electrons. The van der Waals surface area contributed by atoms with Gasteiger partial charge in [-0.15, -0.1) is 0 Å². The Labute approximate surface area is 146 Å². The Kier molecular flexibility index (Phi) is 4.68. The molecule has 24 heavy (non-hydrogen) atoms. The summed E-state index contributed by atoms with van der Waals surface area (Å²) in [6.45, 7) is 2.32. The maximum atomic E-state index is 2.80. The van der Waals surface area contributed by atoms with Gasteiger partial charge in [-0.3, -0.25) is 9.80 Å². The van der Waals surface area contributed by atoms with Gasteiger partial charge >= 0.3 is 0 Å². The Bertz CT molecular complexity index is 640. The van der Waals surface area contributed by atoms with Crippen LogP contribution < -0.4 is 0 Å². The molecule has 3 unspecified atom stereocenters. The van der Waals surface area contributed by atoms with Gasteiger partial charge < -0.3 is 0 Å². The van der Waals surface area contributed by atoms with Gasteiger partial charge in [-0.2, -0.15) is 0 Å². The molecule has 126 valence electrons. The molecule has 0 aliphatic carbocycles. The average molecular weight is 320 g/mol. The standard InChI is InChI=1S/C22H28N2/c1-23(17-18-10-4-2-5-11-18)22-16-21(19-12-6-3-7-13-19)24-15-9-8-14-20(22)24/h2-7,10-13,20-22H,8-9,14-17H2,1H3. The molecule has 2 nitrogen and oxygen atoms in total. The Morgan fingerprint density at radius 1 is 0.958 bits per heavy atom. The molecule has 2 heterocycles. The van der Waals surface area contributed by atoms with Crippen LogP contribution in [-0.4, -0.2) is 35.5 Å². The third kappa shape index (κ3) is 3.13. The first kappa shape index (κ1) is 15.9. The van der Waals surface area contributed by atoms with E-state index >= 15 is 0 Å². The second-order valence-corrected chi connectivity index (χ2v) is 7.43. The van der Waals surface area contributed by atoms with E-state index in [1.807, 2.05) is 0 Å². The molecule has 2 saturated heterocycles. The van der Waals surface area contributed by atoms with Gasteiger partial charge in [0.05, 0.1) is 0 Å². The minimum absolute atomic E-state index is 0.597. The topological polar surface area (TPSA) is 6.48 Å². The van der Waals surface area contributed by atoms with Crippen LogP contribution in [0.15, 0.2) is 60.7 Å². The van der Waals surface area contributed by atoms with Crippen molar-refractivity contribution in [3.8, 4) is 0 Å². The van der Waals surface area contributed by atoms with E-state index < -0.39 is 0 Å². The van der Waals surface area contributed by atoms with Crippen LogP contribution in [0.25, 0.3) is 0 Å². The van der Waals surface area contributed by atoms with Gasteiger partial charge in [0.1, 0.15) is 0 Å². The van der Waals surface area contributed by atoms with E-state index in [9.17, 15) is 0 Å². The molecule has 3 atom stereocenters. The zero-order chi connectivity index (χ0) is 16.4. The number of likely N-dealkylation sites (N-methyl/N-ethyl adjacent to an activating group) is 1. The van der Waals surface area contributed by atoms with Crippen LogP contribution in [0.2, 0.25) is 0 Å². The van der Waals surface area contributed by atoms with Gasteiger partial charge in [-0.1, -0.05) is 67.1 Å². The maximum absolute atomic E-state index is 2.80. The number of hydrogen-bond acceptors (Lipinski definition) is 2. The number of rotatable bonds is 4. The van der Waals surface area contributed by atoms with Gasteiger partial charge in [-0.05, 0) is 44.0 Å². The summed E-state index contributed by atoms with van der Waals surface area (Å²) in [4.78, 5) is 5.40. The molecule has 2 aliphatic rings. The van der Waals surface area contributed by atoms with Gasteiger partial charge in [0.15, 0.2) is 0 Å². The summed E-state index contributed by atoms with van der Waals surface area (Å²) in [5.74, 6) is 0. The van der Waals surface area contributed by atoms with Crippen LogP contribution in [0.4, 0.5) is 0 Å². The van der Waals surface area contributed by atoms with Gasteiger partial charge in [0, 0.05) is 24.7 Å². The van der Waals surface area contributed by atoms with Crippen molar-refractivity contribution in [1.82, 2.24) is 9.80 Å². The van der Waals surface area contributed by atoms with Crippen LogP contribution in [0.5, 0.6) is 0 Å². The van der Waals surface area contributed by atoms with Crippen molar-refractivity contribution in [2.45, 2.75) is 50.4 Å². The van der Waals surface area contributed by atoms with Crippen molar-refractivity contribution in [2.24, 2.45) is 0 Å². The van der Waals surface area contributed by atoms with E-state index in [1.54, 1.807) is 0 Å². The van der Waals surface area contributed by atoms with E-state index in [4.69, 9.17) is 0 Å². The van der Waals surface area contributed by atoms with Crippen LogP contribution in [0.1, 0.15) is 42.9 Å². The molecule has 2 aliphatic heterocycles. The van der Waals surface area contributed by atoms with Crippen LogP contribution in [0, 0.1) is 0 Å². The highest BCUT2D eigenvalue weighted by molar-refractivity contribution is 5.23. The predicted octanol–water partition coefficient (Wildman–Crippen LogP) is 4.49. The highest BCUT2D eigenvalue weighted by Gasteiger charge is 2.44. The lowest BCUT2D eigenvalue weighted by atomic mass is 9.97. The summed E-state index contributed by atoms with van der Waals surface area (Å²) < 4.78 is 0. The van der Waals surface area contributed by atoms with E-state index in [2.05, 4.69) is 77.5 Å². The van der Waals surface area contributed by atoms with Crippen molar-refractivity contribution in [1.29, 1.82) is 0 Å². The van der Waals surface area contributed by atoms with Gasteiger partial charge in [0.25, 0.3) is 0 Å². The zero-order valence-corrected chi connectivity index (χ0v) is 14.6. The molecular weight excluding hydrogens is 292 g/mol. The third-order valence-corrected chi connectivity index (χ3v) is 5.93. The normalized spacial score (nSPS) is 27.3. The summed E-state index contributed by atoms with van der Waals surface area (Å²) in [5.41, 5.74) is 2.92. The van der Waals surface area contributed by atoms with Gasteiger partial charge in [-0.25, -0.2) is 0 Å². The van der Waals surface area contributed by atoms with Crippen molar-refractivity contribution >= 4 is 0 Å². The first-order valence-electron chi connectivity index (χ1n) is 9.38. The monoisotopic (exact) mass is 320 g/mol. The lowest BCUT2D eigenvalue weighted by Gasteiger charge is -2.37. The molecule has 2 heteroatoms. The highest BCUT2D eigenvalue weighted by Crippen LogP contribution is 2.42. The van der Waals surface area contributed by atoms with E-state index in [-0.39, 0.29) is 0 Å². The third-order valence-electron chi connectivity index (χ3n) is 5.93. The Morgan fingerprint density at radius 2 is 1.67 bits per heavy atom. The molecule has 0 N–H and O–H groups in total. The summed E-state index contributed by atoms with van der Waals surface area (Å²) in [7, 11) is 2.32. The number of piperidine rings is 1. The van der Waals surface area contributed by atoms with E-state index in [0.29, 0.717) is 12.1 Å². The minimum Gasteiger partial charge on any atom is -0.298 e. The molecule has 0 saturated carbocycles. The molecule has 2 aromatic rings. The van der Waals surface area contributed by atoms with Crippen molar-refractivity contribution in [2.75, 3.05) is 13.6 Å². The molecule has 2 fully saturated rings. The van der Waals surface area contributed by atoms with Crippen molar-refractivity contribution < 1.29 is 0 Å². The van der Waals surface area contributed by atoms with Crippen LogP contribution in [-0.2, 0) is 6.54 Å². The number of benzene rings is 2. The second-order valence-electron chi connectivity index (χ2n) is 7.43. The van der Waals surface area contributed by atoms with Crippen LogP contribution >= 0.6 is 0 Å². The fraction of sp³-hybridized carbons (Fsp3) is 0.455. The predicted molar refractivity (Wildman–Crippen MR) is 99.8 cm³/mol. The first-order chi connectivity index (χ1) is 11.8. The zero-order valence-electron chi connectivity index (χ0n) is 14.6. The quantitative estimate of drug-likeness (QED) is 0.819. The van der Waals surface area contributed by atoms with Crippen LogP contribution in [0.3, 0.4) is 0 Å². The van der Waals surface area contributed by atoms with Crippen molar-refractivity contribution in [3.63, 3.8) is 0 Å². The molecule has 0 bridgehead atoms. The Balaban J connectivity index is 1.54.